The van der Waals surface area contributed by atoms with Crippen LogP contribution in [0.1, 0.15) is 20.8 Å². The first-order valence-corrected chi connectivity index (χ1v) is 6.29. The van der Waals surface area contributed by atoms with E-state index >= 15 is 0 Å². The summed E-state index contributed by atoms with van der Waals surface area (Å²) in [4.78, 5) is 0. The highest BCUT2D eigenvalue weighted by Crippen LogP contribution is 2.33. The van der Waals surface area contributed by atoms with Crippen LogP contribution in [0, 0.1) is 17.8 Å². The van der Waals surface area contributed by atoms with Crippen LogP contribution in [0.15, 0.2) is 47.7 Å². The Balaban J connectivity index is 2.14. The molecular formula is C15H18F2O. The smallest absolute Gasteiger partial charge is 0.158 e. The molecule has 0 saturated heterocycles. The first-order chi connectivity index (χ1) is 8.49. The van der Waals surface area contributed by atoms with Gasteiger partial charge in [-0.2, -0.15) is 0 Å². The summed E-state index contributed by atoms with van der Waals surface area (Å²) in [5.41, 5.74) is 0. The Bertz CT molecular complexity index is 445. The minimum Gasteiger partial charge on any atom is -0.455 e. The lowest BCUT2D eigenvalue weighted by Gasteiger charge is -2.23. The van der Waals surface area contributed by atoms with Crippen molar-refractivity contribution in [2.45, 2.75) is 26.9 Å². The van der Waals surface area contributed by atoms with Crippen LogP contribution in [0.5, 0.6) is 0 Å². The molecule has 0 heterocycles. The molecule has 1 nitrogen and oxygen atoms in total. The van der Waals surface area contributed by atoms with Gasteiger partial charge in [0, 0.05) is 11.8 Å². The maximum absolute atomic E-state index is 14.0. The normalized spacial score (nSPS) is 35.7. The zero-order valence-electron chi connectivity index (χ0n) is 10.9. The fourth-order valence-electron chi connectivity index (χ4n) is 1.94. The van der Waals surface area contributed by atoms with Gasteiger partial charge >= 0.3 is 0 Å². The van der Waals surface area contributed by atoms with Gasteiger partial charge in [-0.15, -0.1) is 0 Å². The van der Waals surface area contributed by atoms with Crippen molar-refractivity contribution in [1.29, 1.82) is 0 Å². The van der Waals surface area contributed by atoms with E-state index in [1.165, 1.54) is 6.08 Å². The van der Waals surface area contributed by atoms with Crippen LogP contribution in [0.2, 0.25) is 0 Å². The van der Waals surface area contributed by atoms with Crippen LogP contribution in [0.3, 0.4) is 0 Å². The SMILES string of the molecule is CC1C=CC(OC2=C(F)C(C)C(C)C=C2)=CC1F. The average Bonchev–Trinajstić information content (AvgIpc) is 2.34. The Morgan fingerprint density at radius 3 is 2.39 bits per heavy atom. The number of hydrogen-bond donors (Lipinski definition) is 0. The van der Waals surface area contributed by atoms with Crippen LogP contribution in [-0.4, -0.2) is 6.17 Å². The summed E-state index contributed by atoms with van der Waals surface area (Å²) in [6.45, 7) is 5.56. The van der Waals surface area contributed by atoms with Crippen molar-refractivity contribution in [2.24, 2.45) is 17.8 Å². The molecule has 0 amide bonds. The zero-order chi connectivity index (χ0) is 13.3. The molecule has 2 rings (SSSR count). The second-order valence-electron chi connectivity index (χ2n) is 5.05. The van der Waals surface area contributed by atoms with Gasteiger partial charge in [0.2, 0.25) is 0 Å². The van der Waals surface area contributed by atoms with E-state index in [0.717, 1.165) is 0 Å². The van der Waals surface area contributed by atoms with Gasteiger partial charge < -0.3 is 4.74 Å². The summed E-state index contributed by atoms with van der Waals surface area (Å²) in [5, 5.41) is 0. The number of allylic oxidation sites excluding steroid dienone is 6. The van der Waals surface area contributed by atoms with E-state index in [1.807, 2.05) is 19.9 Å². The highest BCUT2D eigenvalue weighted by molar-refractivity contribution is 5.29. The van der Waals surface area contributed by atoms with Gasteiger partial charge in [0.1, 0.15) is 17.8 Å². The maximum atomic E-state index is 14.0. The molecule has 0 saturated carbocycles. The molecule has 0 aromatic heterocycles. The molecule has 0 aliphatic heterocycles. The fraction of sp³-hybridized carbons (Fsp3) is 0.467. The summed E-state index contributed by atoms with van der Waals surface area (Å²) in [6, 6.07) is 0. The second-order valence-corrected chi connectivity index (χ2v) is 5.05. The van der Waals surface area contributed by atoms with E-state index in [2.05, 4.69) is 0 Å². The summed E-state index contributed by atoms with van der Waals surface area (Å²) in [7, 11) is 0. The van der Waals surface area contributed by atoms with Gasteiger partial charge in [-0.05, 0) is 24.1 Å². The van der Waals surface area contributed by atoms with E-state index in [-0.39, 0.29) is 29.3 Å². The van der Waals surface area contributed by atoms with Crippen LogP contribution in [-0.2, 0) is 4.74 Å². The van der Waals surface area contributed by atoms with Gasteiger partial charge in [0.25, 0.3) is 0 Å². The van der Waals surface area contributed by atoms with E-state index in [9.17, 15) is 8.78 Å². The standard InChI is InChI=1S/C15H18F2O/c1-9-5-7-14(15(17)11(9)3)18-12-6-4-10(2)13(16)8-12/h4-11,13H,1-3H3. The minimum atomic E-state index is -1.07. The van der Waals surface area contributed by atoms with Crippen molar-refractivity contribution in [3.05, 3.63) is 47.7 Å². The third kappa shape index (κ3) is 2.55. The number of ether oxygens (including phenoxy) is 1. The van der Waals surface area contributed by atoms with E-state index in [1.54, 1.807) is 25.2 Å². The summed E-state index contributed by atoms with van der Waals surface area (Å²) < 4.78 is 32.9. The average molecular weight is 252 g/mol. The molecule has 98 valence electrons. The Hall–Kier alpha value is -1.38. The Kier molecular flexibility index (Phi) is 3.69. The highest BCUT2D eigenvalue weighted by atomic mass is 19.1. The van der Waals surface area contributed by atoms with Gasteiger partial charge in [0.15, 0.2) is 5.76 Å². The number of halogens is 2. The summed E-state index contributed by atoms with van der Waals surface area (Å²) >= 11 is 0. The van der Waals surface area contributed by atoms with Crippen molar-refractivity contribution in [1.82, 2.24) is 0 Å². The molecular weight excluding hydrogens is 234 g/mol. The topological polar surface area (TPSA) is 9.23 Å². The molecule has 0 spiro atoms. The molecule has 0 aromatic carbocycles. The van der Waals surface area contributed by atoms with Gasteiger partial charge in [-0.25, -0.2) is 8.78 Å². The van der Waals surface area contributed by atoms with Crippen LogP contribution in [0.25, 0.3) is 0 Å². The van der Waals surface area contributed by atoms with Gasteiger partial charge in [-0.3, -0.25) is 0 Å². The zero-order valence-corrected chi connectivity index (χ0v) is 10.9. The van der Waals surface area contributed by atoms with Crippen molar-refractivity contribution >= 4 is 0 Å². The number of alkyl halides is 1. The Morgan fingerprint density at radius 1 is 1.06 bits per heavy atom. The molecule has 0 fully saturated rings. The fourth-order valence-corrected chi connectivity index (χ4v) is 1.94. The van der Waals surface area contributed by atoms with Crippen molar-refractivity contribution < 1.29 is 13.5 Å². The highest BCUT2D eigenvalue weighted by Gasteiger charge is 2.24. The number of hydrogen-bond acceptors (Lipinski definition) is 1. The lowest BCUT2D eigenvalue weighted by molar-refractivity contribution is 0.265. The summed E-state index contributed by atoms with van der Waals surface area (Å²) in [5.74, 6) is 0.0983. The number of rotatable bonds is 2. The Morgan fingerprint density at radius 2 is 1.72 bits per heavy atom. The summed E-state index contributed by atoms with van der Waals surface area (Å²) in [6.07, 6.45) is 7.28. The van der Waals surface area contributed by atoms with E-state index in [4.69, 9.17) is 4.74 Å². The molecule has 4 atom stereocenters. The largest absolute Gasteiger partial charge is 0.455 e. The molecule has 0 bridgehead atoms. The first kappa shape index (κ1) is 13.1. The van der Waals surface area contributed by atoms with Crippen LogP contribution >= 0.6 is 0 Å². The third-order valence-corrected chi connectivity index (χ3v) is 3.59. The molecule has 0 N–H and O–H groups in total. The van der Waals surface area contributed by atoms with E-state index in [0.29, 0.717) is 5.76 Å². The predicted octanol–water partition coefficient (Wildman–Crippen LogP) is 4.45. The first-order valence-electron chi connectivity index (χ1n) is 6.29. The van der Waals surface area contributed by atoms with Crippen molar-refractivity contribution in [3.8, 4) is 0 Å². The minimum absolute atomic E-state index is 0.155. The lowest BCUT2D eigenvalue weighted by Crippen LogP contribution is -2.15. The predicted molar refractivity (Wildman–Crippen MR) is 68.0 cm³/mol. The lowest BCUT2D eigenvalue weighted by atomic mass is 9.90. The molecule has 4 unspecified atom stereocenters. The Labute approximate surface area is 107 Å². The van der Waals surface area contributed by atoms with Gasteiger partial charge in [0.05, 0.1) is 0 Å². The van der Waals surface area contributed by atoms with Crippen LogP contribution in [0.4, 0.5) is 8.78 Å². The quantitative estimate of drug-likeness (QED) is 0.705. The maximum Gasteiger partial charge on any atom is 0.158 e. The second kappa shape index (κ2) is 5.09. The third-order valence-electron chi connectivity index (χ3n) is 3.59. The molecule has 3 heteroatoms. The van der Waals surface area contributed by atoms with Crippen molar-refractivity contribution in [2.75, 3.05) is 0 Å². The van der Waals surface area contributed by atoms with E-state index < -0.39 is 6.17 Å². The van der Waals surface area contributed by atoms with Crippen molar-refractivity contribution in [3.63, 3.8) is 0 Å². The monoisotopic (exact) mass is 252 g/mol. The van der Waals surface area contributed by atoms with Crippen LogP contribution < -0.4 is 0 Å². The molecule has 0 radical (unpaired) electrons. The van der Waals surface area contributed by atoms with Gasteiger partial charge in [-0.1, -0.05) is 32.9 Å². The molecule has 2 aliphatic carbocycles. The molecule has 0 aromatic rings. The molecule has 2 aliphatic rings. The molecule has 18 heavy (non-hydrogen) atoms.